The standard InChI is InChI=1S/C12H19N5OS/c1-8-5-12(6-8,10(13)19)11(18)14-4-3-9-16-15-7-17(9)2/h7-8H,3-6H2,1-2H3,(H2,13,19)(H,14,18). The number of amides is 1. The second kappa shape index (κ2) is 5.24. The van der Waals surface area contributed by atoms with Crippen molar-refractivity contribution in [2.75, 3.05) is 6.54 Å². The third-order valence-electron chi connectivity index (χ3n) is 3.74. The molecule has 1 amide bonds. The molecule has 2 rings (SSSR count). The molecule has 7 heteroatoms. The SMILES string of the molecule is CC1CC(C(=O)NCCc2nncn2C)(C(N)=S)C1. The summed E-state index contributed by atoms with van der Waals surface area (Å²) in [6.07, 6.45) is 3.78. The zero-order valence-electron chi connectivity index (χ0n) is 11.2. The van der Waals surface area contributed by atoms with Crippen molar-refractivity contribution in [2.45, 2.75) is 26.2 Å². The second-order valence-electron chi connectivity index (χ2n) is 5.32. The van der Waals surface area contributed by atoms with Crippen LogP contribution in [0.4, 0.5) is 0 Å². The maximum absolute atomic E-state index is 12.2. The molecule has 1 aromatic heterocycles. The van der Waals surface area contributed by atoms with E-state index in [1.54, 1.807) is 6.33 Å². The third kappa shape index (κ3) is 2.60. The van der Waals surface area contributed by atoms with E-state index in [0.717, 1.165) is 18.7 Å². The van der Waals surface area contributed by atoms with E-state index in [1.165, 1.54) is 0 Å². The molecule has 0 bridgehead atoms. The van der Waals surface area contributed by atoms with Crippen molar-refractivity contribution in [1.82, 2.24) is 20.1 Å². The van der Waals surface area contributed by atoms with E-state index in [-0.39, 0.29) is 5.91 Å². The Morgan fingerprint density at radius 2 is 2.37 bits per heavy atom. The molecule has 0 radical (unpaired) electrons. The van der Waals surface area contributed by atoms with Crippen LogP contribution in [0.15, 0.2) is 6.33 Å². The Morgan fingerprint density at radius 3 is 2.84 bits per heavy atom. The van der Waals surface area contributed by atoms with Crippen LogP contribution in [0.3, 0.4) is 0 Å². The first-order valence-electron chi connectivity index (χ1n) is 6.37. The summed E-state index contributed by atoms with van der Waals surface area (Å²) in [5.41, 5.74) is 5.10. The average molecular weight is 281 g/mol. The van der Waals surface area contributed by atoms with Crippen LogP contribution in [0.5, 0.6) is 0 Å². The van der Waals surface area contributed by atoms with Crippen molar-refractivity contribution in [2.24, 2.45) is 24.1 Å². The smallest absolute Gasteiger partial charge is 0.233 e. The molecule has 0 unspecified atom stereocenters. The second-order valence-corrected chi connectivity index (χ2v) is 5.76. The van der Waals surface area contributed by atoms with Crippen LogP contribution < -0.4 is 11.1 Å². The van der Waals surface area contributed by atoms with Crippen molar-refractivity contribution in [3.8, 4) is 0 Å². The van der Waals surface area contributed by atoms with Crippen LogP contribution in [0.25, 0.3) is 0 Å². The third-order valence-corrected chi connectivity index (χ3v) is 4.13. The summed E-state index contributed by atoms with van der Waals surface area (Å²) in [4.78, 5) is 12.5. The minimum absolute atomic E-state index is 0.0553. The van der Waals surface area contributed by atoms with Gasteiger partial charge in [-0.15, -0.1) is 10.2 Å². The Bertz CT molecular complexity index is 492. The topological polar surface area (TPSA) is 85.8 Å². The number of hydrogen-bond donors (Lipinski definition) is 2. The molecule has 0 aromatic carbocycles. The van der Waals surface area contributed by atoms with Crippen LogP contribution in [-0.4, -0.2) is 32.2 Å². The largest absolute Gasteiger partial charge is 0.392 e. The number of thiocarbonyl (C=S) groups is 1. The van der Waals surface area contributed by atoms with Crippen molar-refractivity contribution in [3.63, 3.8) is 0 Å². The minimum atomic E-state index is -0.630. The van der Waals surface area contributed by atoms with E-state index in [0.29, 0.717) is 23.9 Å². The lowest BCUT2D eigenvalue weighted by Gasteiger charge is -2.44. The average Bonchev–Trinajstić information content (AvgIpc) is 2.70. The van der Waals surface area contributed by atoms with E-state index in [4.69, 9.17) is 18.0 Å². The van der Waals surface area contributed by atoms with Crippen molar-refractivity contribution >= 4 is 23.1 Å². The fourth-order valence-electron chi connectivity index (χ4n) is 2.62. The molecular formula is C12H19N5OS. The minimum Gasteiger partial charge on any atom is -0.392 e. The maximum atomic E-state index is 12.2. The van der Waals surface area contributed by atoms with Gasteiger partial charge in [0.2, 0.25) is 5.91 Å². The van der Waals surface area contributed by atoms with Crippen LogP contribution >= 0.6 is 12.2 Å². The fourth-order valence-corrected chi connectivity index (χ4v) is 2.88. The highest BCUT2D eigenvalue weighted by molar-refractivity contribution is 7.80. The highest BCUT2D eigenvalue weighted by Crippen LogP contribution is 2.45. The molecule has 0 atom stereocenters. The van der Waals surface area contributed by atoms with Gasteiger partial charge in [0.05, 0.1) is 10.4 Å². The number of nitrogens with one attached hydrogen (secondary N) is 1. The molecule has 19 heavy (non-hydrogen) atoms. The van der Waals surface area contributed by atoms with Crippen molar-refractivity contribution < 1.29 is 4.79 Å². The predicted molar refractivity (Wildman–Crippen MR) is 75.3 cm³/mol. The Balaban J connectivity index is 1.87. The van der Waals surface area contributed by atoms with Crippen LogP contribution in [0.1, 0.15) is 25.6 Å². The maximum Gasteiger partial charge on any atom is 0.233 e. The van der Waals surface area contributed by atoms with E-state index < -0.39 is 5.41 Å². The van der Waals surface area contributed by atoms with Gasteiger partial charge in [-0.25, -0.2) is 0 Å². The number of carbonyl (C=O) groups is 1. The van der Waals surface area contributed by atoms with Gasteiger partial charge in [0.25, 0.3) is 0 Å². The Labute approximate surface area is 117 Å². The van der Waals surface area contributed by atoms with Crippen molar-refractivity contribution in [3.05, 3.63) is 12.2 Å². The molecule has 1 heterocycles. The van der Waals surface area contributed by atoms with Crippen LogP contribution in [0, 0.1) is 11.3 Å². The zero-order chi connectivity index (χ0) is 14.0. The predicted octanol–water partition coefficient (Wildman–Crippen LogP) is 0.176. The van der Waals surface area contributed by atoms with Gasteiger partial charge in [-0.3, -0.25) is 4.79 Å². The molecule has 3 N–H and O–H groups in total. The summed E-state index contributed by atoms with van der Waals surface area (Å²) in [5.74, 6) is 1.29. The van der Waals surface area contributed by atoms with Gasteiger partial charge in [0.15, 0.2) is 0 Å². The van der Waals surface area contributed by atoms with Gasteiger partial charge >= 0.3 is 0 Å². The summed E-state index contributed by atoms with van der Waals surface area (Å²) < 4.78 is 1.83. The van der Waals surface area contributed by atoms with Crippen molar-refractivity contribution in [1.29, 1.82) is 0 Å². The highest BCUT2D eigenvalue weighted by Gasteiger charge is 2.50. The lowest BCUT2D eigenvalue weighted by molar-refractivity contribution is -0.132. The van der Waals surface area contributed by atoms with Gasteiger partial charge in [-0.05, 0) is 18.8 Å². The summed E-state index contributed by atoms with van der Waals surface area (Å²) in [6, 6.07) is 0. The molecule has 0 saturated heterocycles. The molecule has 1 fully saturated rings. The molecule has 1 aliphatic rings. The molecular weight excluding hydrogens is 262 g/mol. The number of hydrogen-bond acceptors (Lipinski definition) is 4. The van der Waals surface area contributed by atoms with Gasteiger partial charge in [-0.1, -0.05) is 19.1 Å². The number of aryl methyl sites for hydroxylation is 1. The number of nitrogens with zero attached hydrogens (tertiary/aromatic N) is 3. The molecule has 1 saturated carbocycles. The summed E-state index contributed by atoms with van der Waals surface area (Å²) in [5, 5.41) is 10.7. The Morgan fingerprint density at radius 1 is 1.68 bits per heavy atom. The van der Waals surface area contributed by atoms with Gasteiger partial charge in [-0.2, -0.15) is 0 Å². The first-order chi connectivity index (χ1) is 8.95. The van der Waals surface area contributed by atoms with Crippen LogP contribution in [-0.2, 0) is 18.3 Å². The molecule has 0 aliphatic heterocycles. The van der Waals surface area contributed by atoms with Gasteiger partial charge in [0, 0.05) is 20.0 Å². The lowest BCUT2D eigenvalue weighted by atomic mass is 9.62. The van der Waals surface area contributed by atoms with Crippen LogP contribution in [0.2, 0.25) is 0 Å². The van der Waals surface area contributed by atoms with Gasteiger partial charge < -0.3 is 15.6 Å². The van der Waals surface area contributed by atoms with Gasteiger partial charge in [0.1, 0.15) is 12.2 Å². The summed E-state index contributed by atoms with van der Waals surface area (Å²) >= 11 is 5.05. The van der Waals surface area contributed by atoms with E-state index in [9.17, 15) is 4.79 Å². The first-order valence-corrected chi connectivity index (χ1v) is 6.77. The number of nitrogens with two attached hydrogens (primary N) is 1. The molecule has 104 valence electrons. The molecule has 0 spiro atoms. The Kier molecular flexibility index (Phi) is 3.84. The number of rotatable bonds is 5. The monoisotopic (exact) mass is 281 g/mol. The fraction of sp³-hybridized carbons (Fsp3) is 0.667. The highest BCUT2D eigenvalue weighted by atomic mass is 32.1. The lowest BCUT2D eigenvalue weighted by Crippen LogP contribution is -2.56. The Hall–Kier alpha value is -1.50. The first kappa shape index (κ1) is 13.9. The summed E-state index contributed by atoms with van der Waals surface area (Å²) in [6.45, 7) is 2.62. The summed E-state index contributed by atoms with van der Waals surface area (Å²) in [7, 11) is 1.88. The van der Waals surface area contributed by atoms with E-state index in [2.05, 4.69) is 22.4 Å². The number of aromatic nitrogens is 3. The molecule has 6 nitrogen and oxygen atoms in total. The molecule has 1 aliphatic carbocycles. The quantitative estimate of drug-likeness (QED) is 0.752. The number of carbonyl (C=O) groups excluding carboxylic acids is 1. The van der Waals surface area contributed by atoms with E-state index >= 15 is 0 Å². The normalized spacial score (nSPS) is 25.7. The molecule has 1 aromatic rings. The zero-order valence-corrected chi connectivity index (χ0v) is 12.0. The van der Waals surface area contributed by atoms with E-state index in [1.807, 2.05) is 11.6 Å².